The first-order valence-corrected chi connectivity index (χ1v) is 11.9. The molecule has 0 fully saturated rings. The van der Waals surface area contributed by atoms with Crippen LogP contribution in [0.15, 0.2) is 48.5 Å². The molecule has 0 aliphatic heterocycles. The Morgan fingerprint density at radius 1 is 0.941 bits per heavy atom. The fourth-order valence-corrected chi connectivity index (χ4v) is 4.35. The summed E-state index contributed by atoms with van der Waals surface area (Å²) < 4.78 is 5.51. The van der Waals surface area contributed by atoms with Gasteiger partial charge in [-0.1, -0.05) is 62.4 Å². The summed E-state index contributed by atoms with van der Waals surface area (Å²) in [5.74, 6) is -0.837. The van der Waals surface area contributed by atoms with Crippen molar-refractivity contribution in [2.75, 3.05) is 19.7 Å². The summed E-state index contributed by atoms with van der Waals surface area (Å²) in [5.41, 5.74) is 4.72. The molecule has 3 N–H and O–H groups in total. The van der Waals surface area contributed by atoms with Crippen LogP contribution in [0.5, 0.6) is 0 Å². The van der Waals surface area contributed by atoms with Crippen LogP contribution in [0.1, 0.15) is 56.6 Å². The maximum absolute atomic E-state index is 12.2. The van der Waals surface area contributed by atoms with Gasteiger partial charge in [0.15, 0.2) is 0 Å². The molecule has 0 spiro atoms. The molecule has 2 amide bonds. The van der Waals surface area contributed by atoms with E-state index in [2.05, 4.69) is 34.9 Å². The van der Waals surface area contributed by atoms with Gasteiger partial charge in [-0.05, 0) is 46.9 Å². The third kappa shape index (κ3) is 6.83. The van der Waals surface area contributed by atoms with E-state index in [0.29, 0.717) is 32.4 Å². The van der Waals surface area contributed by atoms with E-state index < -0.39 is 12.1 Å². The minimum Gasteiger partial charge on any atom is -0.481 e. The van der Waals surface area contributed by atoms with E-state index >= 15 is 0 Å². The fraction of sp³-hybridized carbons (Fsp3) is 0.444. The van der Waals surface area contributed by atoms with E-state index in [1.807, 2.05) is 38.1 Å². The lowest BCUT2D eigenvalue weighted by molar-refractivity contribution is -0.138. The summed E-state index contributed by atoms with van der Waals surface area (Å²) in [5, 5.41) is 14.6. The molecule has 7 nitrogen and oxygen atoms in total. The Kier molecular flexibility index (Phi) is 9.08. The van der Waals surface area contributed by atoms with Gasteiger partial charge in [-0.3, -0.25) is 9.59 Å². The highest BCUT2D eigenvalue weighted by Crippen LogP contribution is 2.44. The first-order valence-electron chi connectivity index (χ1n) is 11.9. The number of nitrogens with one attached hydrogen (secondary N) is 2. The normalized spacial score (nSPS) is 13.1. The Morgan fingerprint density at radius 2 is 1.56 bits per heavy atom. The van der Waals surface area contributed by atoms with Gasteiger partial charge in [0.2, 0.25) is 5.91 Å². The van der Waals surface area contributed by atoms with Gasteiger partial charge in [0.1, 0.15) is 6.61 Å². The number of carbonyl (C=O) groups excluding carboxylic acids is 2. The van der Waals surface area contributed by atoms with Crippen LogP contribution in [0.2, 0.25) is 0 Å². The van der Waals surface area contributed by atoms with Crippen molar-refractivity contribution in [3.8, 4) is 11.1 Å². The molecule has 1 atom stereocenters. The SMILES string of the molecule is CC(C)C(CNC(=O)CCCCNC(=O)OCC1c2ccccc2-c2ccccc21)CC(=O)O. The summed E-state index contributed by atoms with van der Waals surface area (Å²) >= 11 is 0. The monoisotopic (exact) mass is 466 g/mol. The fourth-order valence-electron chi connectivity index (χ4n) is 4.35. The summed E-state index contributed by atoms with van der Waals surface area (Å²) in [6.07, 6.45) is 1.20. The van der Waals surface area contributed by atoms with Gasteiger partial charge >= 0.3 is 12.1 Å². The molecule has 0 radical (unpaired) electrons. The van der Waals surface area contributed by atoms with Crippen molar-refractivity contribution in [1.82, 2.24) is 10.6 Å². The largest absolute Gasteiger partial charge is 0.481 e. The van der Waals surface area contributed by atoms with Gasteiger partial charge in [-0.2, -0.15) is 0 Å². The first-order chi connectivity index (χ1) is 16.4. The smallest absolute Gasteiger partial charge is 0.407 e. The molecular weight excluding hydrogens is 432 g/mol. The predicted molar refractivity (Wildman–Crippen MR) is 131 cm³/mol. The highest BCUT2D eigenvalue weighted by Gasteiger charge is 2.28. The van der Waals surface area contributed by atoms with Crippen LogP contribution >= 0.6 is 0 Å². The summed E-state index contributed by atoms with van der Waals surface area (Å²) in [6, 6.07) is 16.4. The van der Waals surface area contributed by atoms with Crippen molar-refractivity contribution in [1.29, 1.82) is 0 Å². The third-order valence-electron chi connectivity index (χ3n) is 6.38. The molecule has 0 bridgehead atoms. The second kappa shape index (κ2) is 12.2. The Hall–Kier alpha value is -3.35. The number of aliphatic carboxylic acids is 1. The summed E-state index contributed by atoms with van der Waals surface area (Å²) in [4.78, 5) is 35.2. The summed E-state index contributed by atoms with van der Waals surface area (Å²) in [7, 11) is 0. The number of unbranched alkanes of at least 4 members (excludes halogenated alkanes) is 1. The van der Waals surface area contributed by atoms with Crippen LogP contribution in [0.4, 0.5) is 4.79 Å². The standard InChI is InChI=1S/C27H34N2O5/c1-18(2)19(15-26(31)32)16-29-25(30)13-7-8-14-28-27(33)34-17-24-22-11-5-3-9-20(22)21-10-4-6-12-23(21)24/h3-6,9-12,18-19,24H,7-8,13-17H2,1-2H3,(H,28,33)(H,29,30)(H,31,32). The molecule has 0 saturated heterocycles. The number of carboxylic acid groups (broad SMARTS) is 1. The zero-order valence-electron chi connectivity index (χ0n) is 19.9. The Labute approximate surface area is 200 Å². The van der Waals surface area contributed by atoms with E-state index in [4.69, 9.17) is 9.84 Å². The first kappa shape index (κ1) is 25.3. The maximum atomic E-state index is 12.2. The molecule has 0 heterocycles. The molecule has 7 heteroatoms. The molecule has 0 saturated carbocycles. The van der Waals surface area contributed by atoms with Crippen molar-refractivity contribution in [2.45, 2.75) is 45.4 Å². The number of rotatable bonds is 12. The molecule has 2 aromatic carbocycles. The van der Waals surface area contributed by atoms with Crippen molar-refractivity contribution in [3.63, 3.8) is 0 Å². The average Bonchev–Trinajstić information content (AvgIpc) is 3.13. The number of ether oxygens (including phenoxy) is 1. The molecule has 34 heavy (non-hydrogen) atoms. The van der Waals surface area contributed by atoms with Gasteiger partial charge in [0.25, 0.3) is 0 Å². The maximum Gasteiger partial charge on any atom is 0.407 e. The van der Waals surface area contributed by atoms with E-state index in [9.17, 15) is 14.4 Å². The van der Waals surface area contributed by atoms with Gasteiger partial charge in [0, 0.05) is 25.4 Å². The molecule has 1 aliphatic carbocycles. The number of carboxylic acids is 1. The molecule has 1 aliphatic rings. The van der Waals surface area contributed by atoms with Crippen molar-refractivity contribution < 1.29 is 24.2 Å². The summed E-state index contributed by atoms with van der Waals surface area (Å²) in [6.45, 7) is 4.97. The third-order valence-corrected chi connectivity index (χ3v) is 6.38. The van der Waals surface area contributed by atoms with Gasteiger partial charge in [0.05, 0.1) is 6.42 Å². The van der Waals surface area contributed by atoms with Gasteiger partial charge < -0.3 is 20.5 Å². The molecular formula is C27H34N2O5. The van der Waals surface area contributed by atoms with Gasteiger partial charge in [-0.15, -0.1) is 0 Å². The lowest BCUT2D eigenvalue weighted by Crippen LogP contribution is -2.32. The Bertz CT molecular complexity index is 959. The van der Waals surface area contributed by atoms with Crippen LogP contribution in [0.25, 0.3) is 11.1 Å². The molecule has 2 aromatic rings. The predicted octanol–water partition coefficient (Wildman–Crippen LogP) is 4.56. The Morgan fingerprint density at radius 3 is 2.15 bits per heavy atom. The molecule has 3 rings (SSSR count). The van der Waals surface area contributed by atoms with Crippen LogP contribution in [-0.2, 0) is 14.3 Å². The van der Waals surface area contributed by atoms with Crippen LogP contribution < -0.4 is 10.6 Å². The number of amides is 2. The van der Waals surface area contributed by atoms with Gasteiger partial charge in [-0.25, -0.2) is 4.79 Å². The zero-order chi connectivity index (χ0) is 24.5. The van der Waals surface area contributed by atoms with Crippen LogP contribution in [0.3, 0.4) is 0 Å². The minimum atomic E-state index is -0.854. The number of hydrogen-bond donors (Lipinski definition) is 3. The number of fused-ring (bicyclic) bond motifs is 3. The minimum absolute atomic E-state index is 0.0256. The quantitative estimate of drug-likeness (QED) is 0.398. The molecule has 0 aromatic heterocycles. The number of hydrogen-bond acceptors (Lipinski definition) is 4. The lowest BCUT2D eigenvalue weighted by Gasteiger charge is -2.19. The Balaban J connectivity index is 1.34. The highest BCUT2D eigenvalue weighted by molar-refractivity contribution is 5.79. The number of carbonyl (C=O) groups is 3. The van der Waals surface area contributed by atoms with E-state index in [1.165, 1.54) is 22.3 Å². The van der Waals surface area contributed by atoms with E-state index in [-0.39, 0.29) is 36.7 Å². The number of benzene rings is 2. The van der Waals surface area contributed by atoms with E-state index in [0.717, 1.165) is 0 Å². The lowest BCUT2D eigenvalue weighted by atomic mass is 9.92. The van der Waals surface area contributed by atoms with E-state index in [1.54, 1.807) is 0 Å². The zero-order valence-corrected chi connectivity index (χ0v) is 19.9. The number of alkyl carbamates (subject to hydrolysis) is 1. The van der Waals surface area contributed by atoms with Crippen molar-refractivity contribution >= 4 is 18.0 Å². The average molecular weight is 467 g/mol. The molecule has 1 unspecified atom stereocenters. The van der Waals surface area contributed by atoms with Crippen molar-refractivity contribution in [2.24, 2.45) is 11.8 Å². The van der Waals surface area contributed by atoms with Crippen LogP contribution in [-0.4, -0.2) is 42.8 Å². The second-order valence-electron chi connectivity index (χ2n) is 9.12. The topological polar surface area (TPSA) is 105 Å². The van der Waals surface area contributed by atoms with Crippen molar-refractivity contribution in [3.05, 3.63) is 59.7 Å². The highest BCUT2D eigenvalue weighted by atomic mass is 16.5. The van der Waals surface area contributed by atoms with Crippen LogP contribution in [0, 0.1) is 11.8 Å². The second-order valence-corrected chi connectivity index (χ2v) is 9.12. The molecule has 182 valence electrons.